The summed E-state index contributed by atoms with van der Waals surface area (Å²) >= 11 is 0. The normalized spacial score (nSPS) is 16.6. The lowest BCUT2D eigenvalue weighted by Gasteiger charge is -2.36. The van der Waals surface area contributed by atoms with Gasteiger partial charge in [-0.2, -0.15) is 16.8 Å². The maximum Gasteiger partial charge on any atom is 0.346 e. The Labute approximate surface area is 193 Å². The molecule has 186 valence electrons. The first kappa shape index (κ1) is 28.8. The van der Waals surface area contributed by atoms with Crippen molar-refractivity contribution < 1.29 is 30.0 Å². The van der Waals surface area contributed by atoms with E-state index < -0.39 is 40.8 Å². The molecule has 0 heterocycles. The summed E-state index contributed by atoms with van der Waals surface area (Å²) in [5.74, 6) is -0.0204. The van der Waals surface area contributed by atoms with Crippen LogP contribution in [0.25, 0.3) is 0 Å². The van der Waals surface area contributed by atoms with Crippen LogP contribution in [0.3, 0.4) is 0 Å². The highest BCUT2D eigenvalue weighted by Crippen LogP contribution is 2.46. The Morgan fingerprint density at radius 1 is 0.719 bits per heavy atom. The van der Waals surface area contributed by atoms with Crippen molar-refractivity contribution >= 4 is 20.2 Å². The zero-order valence-corrected chi connectivity index (χ0v) is 23.0. The van der Waals surface area contributed by atoms with E-state index in [0.29, 0.717) is 18.1 Å². The molecule has 0 aliphatic heterocycles. The van der Waals surface area contributed by atoms with Crippen molar-refractivity contribution in [2.45, 2.75) is 109 Å². The first-order valence-corrected chi connectivity index (χ1v) is 13.3. The molecule has 0 aliphatic carbocycles. The van der Waals surface area contributed by atoms with Crippen LogP contribution in [0.5, 0.6) is 5.75 Å². The molecule has 0 amide bonds. The second kappa shape index (κ2) is 7.94. The Bertz CT molecular complexity index is 1040. The first-order valence-electron chi connectivity index (χ1n) is 10.5. The minimum absolute atomic E-state index is 0.0204. The fraction of sp³-hybridized carbons (Fsp3) is 0.739. The molecule has 6 nitrogen and oxygen atoms in total. The van der Waals surface area contributed by atoms with E-state index in [1.165, 1.54) is 0 Å². The topological polar surface area (TPSA) is 97.7 Å². The van der Waals surface area contributed by atoms with Gasteiger partial charge in [-0.15, -0.1) is 0 Å². The number of rotatable bonds is 5. The van der Waals surface area contributed by atoms with Crippen LogP contribution >= 0.6 is 0 Å². The van der Waals surface area contributed by atoms with E-state index in [2.05, 4.69) is 0 Å². The van der Waals surface area contributed by atoms with Crippen molar-refractivity contribution in [2.24, 2.45) is 0 Å². The number of hydrogen-bond donors (Lipinski definition) is 1. The van der Waals surface area contributed by atoms with Crippen molar-refractivity contribution in [3.05, 3.63) is 28.8 Å². The monoisotopic (exact) mass is 494 g/mol. The predicted octanol–water partition coefficient (Wildman–Crippen LogP) is 5.64. The summed E-state index contributed by atoms with van der Waals surface area (Å²) in [6, 6.07) is 3.70. The fourth-order valence-corrected chi connectivity index (χ4v) is 5.23. The minimum atomic E-state index is -5.17. The maximum atomic E-state index is 15.7. The van der Waals surface area contributed by atoms with E-state index in [0.717, 1.165) is 19.4 Å². The van der Waals surface area contributed by atoms with Crippen molar-refractivity contribution in [1.29, 1.82) is 0 Å². The Morgan fingerprint density at radius 2 is 1.06 bits per heavy atom. The van der Waals surface area contributed by atoms with Gasteiger partial charge < -0.3 is 4.18 Å². The zero-order chi connectivity index (χ0) is 25.9. The van der Waals surface area contributed by atoms with Gasteiger partial charge in [-0.1, -0.05) is 74.4 Å². The van der Waals surface area contributed by atoms with Crippen LogP contribution in [0.4, 0.5) is 4.39 Å². The van der Waals surface area contributed by atoms with Gasteiger partial charge in [0.05, 0.1) is 0 Å². The molecule has 9 heteroatoms. The van der Waals surface area contributed by atoms with Gasteiger partial charge in [-0.25, -0.2) is 4.39 Å². The van der Waals surface area contributed by atoms with E-state index in [-0.39, 0.29) is 11.2 Å². The lowest BCUT2D eigenvalue weighted by Crippen LogP contribution is -2.56. The van der Waals surface area contributed by atoms with Crippen molar-refractivity contribution in [2.75, 3.05) is 0 Å². The highest BCUT2D eigenvalue weighted by Gasteiger charge is 2.61. The molecule has 0 saturated carbocycles. The average molecular weight is 495 g/mol. The minimum Gasteiger partial charge on any atom is -0.379 e. The van der Waals surface area contributed by atoms with E-state index in [4.69, 9.17) is 4.18 Å². The van der Waals surface area contributed by atoms with Crippen LogP contribution in [0.15, 0.2) is 12.1 Å². The van der Waals surface area contributed by atoms with Crippen LogP contribution in [0.2, 0.25) is 0 Å². The summed E-state index contributed by atoms with van der Waals surface area (Å²) in [5, 5.41) is -3.44. The number of benzene rings is 1. The van der Waals surface area contributed by atoms with Crippen LogP contribution in [-0.4, -0.2) is 31.1 Å². The summed E-state index contributed by atoms with van der Waals surface area (Å²) in [6.45, 7) is 19.6. The predicted molar refractivity (Wildman–Crippen MR) is 127 cm³/mol. The summed E-state index contributed by atoms with van der Waals surface area (Å²) < 4.78 is 78.0. The molecule has 1 aromatic rings. The summed E-state index contributed by atoms with van der Waals surface area (Å²) in [5.41, 5.74) is 0.671. The quantitative estimate of drug-likeness (QED) is 0.420. The molecule has 1 atom stereocenters. The smallest absolute Gasteiger partial charge is 0.346 e. The third kappa shape index (κ3) is 5.30. The molecule has 1 rings (SSSR count). The number of alkyl halides is 1. The third-order valence-corrected chi connectivity index (χ3v) is 9.59. The second-order valence-electron chi connectivity index (χ2n) is 12.1. The van der Waals surface area contributed by atoms with Crippen LogP contribution in [0.1, 0.15) is 99.8 Å². The maximum absolute atomic E-state index is 15.7. The molecule has 0 saturated heterocycles. The highest BCUT2D eigenvalue weighted by atomic mass is 32.2. The molecule has 0 spiro atoms. The summed E-state index contributed by atoms with van der Waals surface area (Å²) in [4.78, 5) is 0. The highest BCUT2D eigenvalue weighted by molar-refractivity contribution is 7.92. The lowest BCUT2D eigenvalue weighted by atomic mass is 9.75. The average Bonchev–Trinajstić information content (AvgIpc) is 2.49. The van der Waals surface area contributed by atoms with Gasteiger partial charge in [0.15, 0.2) is 0 Å². The van der Waals surface area contributed by atoms with E-state index >= 15 is 4.39 Å². The molecule has 1 N–H and O–H groups in total. The second-order valence-corrected chi connectivity index (χ2v) is 15.9. The summed E-state index contributed by atoms with van der Waals surface area (Å²) in [6.07, 6.45) is 0. The molecule has 0 bridgehead atoms. The van der Waals surface area contributed by atoms with Gasteiger partial charge in [0, 0.05) is 11.1 Å². The van der Waals surface area contributed by atoms with Crippen molar-refractivity contribution in [3.63, 3.8) is 0 Å². The Hall–Kier alpha value is -1.19. The Morgan fingerprint density at radius 3 is 1.31 bits per heavy atom. The van der Waals surface area contributed by atoms with Crippen LogP contribution < -0.4 is 4.18 Å². The molecule has 32 heavy (non-hydrogen) atoms. The van der Waals surface area contributed by atoms with Gasteiger partial charge >= 0.3 is 10.1 Å². The molecular formula is C23H39FO6S2. The molecule has 0 fully saturated rings. The Balaban J connectivity index is 4.01. The van der Waals surface area contributed by atoms with Gasteiger partial charge in [0.2, 0.25) is 0 Å². The summed E-state index contributed by atoms with van der Waals surface area (Å²) in [7, 11) is -10.2. The van der Waals surface area contributed by atoms with Gasteiger partial charge in [-0.3, -0.25) is 4.55 Å². The van der Waals surface area contributed by atoms with E-state index in [9.17, 15) is 21.4 Å². The number of hydrogen-bond acceptors (Lipinski definition) is 5. The molecule has 0 aliphatic rings. The molecular weight excluding hydrogens is 455 g/mol. The standard InChI is InChI=1S/C23H39FO6S2/c1-19(2,3)15-13-16(20(4,5)6)18(17(14-15)21(7,8)9)30-32(28,29)23(12,24)22(10,11)31(25,26)27/h13-14H,1-12H3,(H,25,26,27). The van der Waals surface area contributed by atoms with Gasteiger partial charge in [0.1, 0.15) is 10.5 Å². The lowest BCUT2D eigenvalue weighted by molar-refractivity contribution is 0.208. The fourth-order valence-electron chi connectivity index (χ4n) is 2.99. The molecule has 0 aromatic heterocycles. The molecule has 1 unspecified atom stereocenters. The molecule has 1 aromatic carbocycles. The molecule has 0 radical (unpaired) electrons. The van der Waals surface area contributed by atoms with Crippen molar-refractivity contribution in [3.8, 4) is 5.75 Å². The Kier molecular flexibility index (Phi) is 7.16. The van der Waals surface area contributed by atoms with Gasteiger partial charge in [0.25, 0.3) is 15.1 Å². The van der Waals surface area contributed by atoms with E-state index in [1.54, 1.807) is 0 Å². The zero-order valence-electron chi connectivity index (χ0n) is 21.3. The van der Waals surface area contributed by atoms with Crippen LogP contribution in [0, 0.1) is 0 Å². The third-order valence-electron chi connectivity index (χ3n) is 5.95. The van der Waals surface area contributed by atoms with Gasteiger partial charge in [-0.05, 0) is 42.6 Å². The van der Waals surface area contributed by atoms with Crippen LogP contribution in [-0.2, 0) is 36.5 Å². The van der Waals surface area contributed by atoms with Crippen molar-refractivity contribution in [1.82, 2.24) is 0 Å². The SMILES string of the molecule is CC(C)(C)c1cc(C(C)(C)C)c(OS(=O)(=O)C(C)(F)C(C)(C)S(=O)(=O)O)c(C(C)(C)C)c1. The number of halogens is 1. The van der Waals surface area contributed by atoms with E-state index in [1.807, 2.05) is 74.4 Å². The largest absolute Gasteiger partial charge is 0.379 e. The first-order chi connectivity index (χ1) is 13.7.